The predicted molar refractivity (Wildman–Crippen MR) is 92.8 cm³/mol. The summed E-state index contributed by atoms with van der Waals surface area (Å²) in [5.41, 5.74) is 1.52. The molecule has 4 nitrogen and oxygen atoms in total. The molecule has 0 atom stereocenters. The summed E-state index contributed by atoms with van der Waals surface area (Å²) in [6.45, 7) is 1.72. The van der Waals surface area contributed by atoms with Crippen molar-refractivity contribution in [2.24, 2.45) is 0 Å². The molecule has 0 aliphatic heterocycles. The van der Waals surface area contributed by atoms with Crippen LogP contribution >= 0.6 is 23.2 Å². The highest BCUT2D eigenvalue weighted by Gasteiger charge is 2.15. The molecule has 2 rings (SSSR count). The highest BCUT2D eigenvalue weighted by molar-refractivity contribution is 6.31. The highest BCUT2D eigenvalue weighted by Crippen LogP contribution is 2.19. The lowest BCUT2D eigenvalue weighted by molar-refractivity contribution is -0.123. The SMILES string of the molecule is CC(=O)N(CC(=O)NCc1ccc(Cl)cc1)c1cccc(Cl)c1. The van der Waals surface area contributed by atoms with Gasteiger partial charge in [-0.15, -0.1) is 0 Å². The Morgan fingerprint density at radius 3 is 2.35 bits per heavy atom. The second-order valence-electron chi connectivity index (χ2n) is 4.99. The van der Waals surface area contributed by atoms with Gasteiger partial charge >= 0.3 is 0 Å². The number of anilines is 1. The zero-order chi connectivity index (χ0) is 16.8. The average molecular weight is 351 g/mol. The quantitative estimate of drug-likeness (QED) is 0.894. The topological polar surface area (TPSA) is 49.4 Å². The number of rotatable bonds is 5. The molecular formula is C17H16Cl2N2O2. The Bertz CT molecular complexity index is 702. The minimum atomic E-state index is -0.255. The fourth-order valence-corrected chi connectivity index (χ4v) is 2.34. The summed E-state index contributed by atoms with van der Waals surface area (Å²) >= 11 is 11.8. The maximum Gasteiger partial charge on any atom is 0.240 e. The first-order valence-electron chi connectivity index (χ1n) is 7.00. The van der Waals surface area contributed by atoms with Gasteiger partial charge in [0.2, 0.25) is 11.8 Å². The molecule has 0 aliphatic rings. The molecule has 0 saturated carbocycles. The third-order valence-electron chi connectivity index (χ3n) is 3.20. The molecule has 0 radical (unpaired) electrons. The van der Waals surface area contributed by atoms with E-state index in [1.807, 2.05) is 12.1 Å². The van der Waals surface area contributed by atoms with Crippen LogP contribution in [-0.2, 0) is 16.1 Å². The lowest BCUT2D eigenvalue weighted by atomic mass is 10.2. The standard InChI is InChI=1S/C17H16Cl2N2O2/c1-12(22)21(16-4-2-3-15(19)9-16)11-17(23)20-10-13-5-7-14(18)8-6-13/h2-9H,10-11H2,1H3,(H,20,23). The van der Waals surface area contributed by atoms with Crippen molar-refractivity contribution in [1.82, 2.24) is 5.32 Å². The number of benzene rings is 2. The van der Waals surface area contributed by atoms with E-state index in [4.69, 9.17) is 23.2 Å². The molecule has 2 aromatic carbocycles. The number of amides is 2. The van der Waals surface area contributed by atoms with Crippen LogP contribution in [0, 0.1) is 0 Å². The Labute approximate surface area is 145 Å². The summed E-state index contributed by atoms with van der Waals surface area (Å²) in [6, 6.07) is 14.0. The van der Waals surface area contributed by atoms with Crippen molar-refractivity contribution < 1.29 is 9.59 Å². The first kappa shape index (κ1) is 17.3. The van der Waals surface area contributed by atoms with Crippen LogP contribution in [0.5, 0.6) is 0 Å². The van der Waals surface area contributed by atoms with E-state index in [0.29, 0.717) is 22.3 Å². The number of nitrogens with one attached hydrogen (secondary N) is 1. The second kappa shape index (κ2) is 7.99. The van der Waals surface area contributed by atoms with Crippen molar-refractivity contribution >= 4 is 40.7 Å². The zero-order valence-corrected chi connectivity index (χ0v) is 14.1. The van der Waals surface area contributed by atoms with Gasteiger partial charge in [0.25, 0.3) is 0 Å². The van der Waals surface area contributed by atoms with E-state index in [1.165, 1.54) is 11.8 Å². The Kier molecular flexibility index (Phi) is 6.02. The number of hydrogen-bond acceptors (Lipinski definition) is 2. The molecule has 0 aromatic heterocycles. The Hall–Kier alpha value is -2.04. The third-order valence-corrected chi connectivity index (χ3v) is 3.69. The van der Waals surface area contributed by atoms with Crippen molar-refractivity contribution in [3.8, 4) is 0 Å². The van der Waals surface area contributed by atoms with Gasteiger partial charge in [0.05, 0.1) is 0 Å². The van der Waals surface area contributed by atoms with Crippen LogP contribution in [0.4, 0.5) is 5.69 Å². The molecule has 120 valence electrons. The lowest BCUT2D eigenvalue weighted by Crippen LogP contribution is -2.39. The van der Waals surface area contributed by atoms with E-state index < -0.39 is 0 Å². The molecule has 0 bridgehead atoms. The van der Waals surface area contributed by atoms with Gasteiger partial charge in [-0.2, -0.15) is 0 Å². The predicted octanol–water partition coefficient (Wildman–Crippen LogP) is 3.66. The summed E-state index contributed by atoms with van der Waals surface area (Å²) < 4.78 is 0. The van der Waals surface area contributed by atoms with Crippen molar-refractivity contribution in [2.75, 3.05) is 11.4 Å². The van der Waals surface area contributed by atoms with Crippen molar-refractivity contribution in [3.63, 3.8) is 0 Å². The van der Waals surface area contributed by atoms with Gasteiger partial charge in [0.1, 0.15) is 6.54 Å². The normalized spacial score (nSPS) is 10.2. The van der Waals surface area contributed by atoms with Crippen LogP contribution in [0.2, 0.25) is 10.0 Å². The Balaban J connectivity index is 1.98. The van der Waals surface area contributed by atoms with Crippen molar-refractivity contribution in [2.45, 2.75) is 13.5 Å². The summed E-state index contributed by atoms with van der Waals surface area (Å²) in [7, 11) is 0. The molecular weight excluding hydrogens is 335 g/mol. The van der Waals surface area contributed by atoms with E-state index >= 15 is 0 Å². The summed E-state index contributed by atoms with van der Waals surface area (Å²) in [5.74, 6) is -0.482. The monoisotopic (exact) mass is 350 g/mol. The fraction of sp³-hybridized carbons (Fsp3) is 0.176. The van der Waals surface area contributed by atoms with Gasteiger partial charge in [0, 0.05) is 29.2 Å². The molecule has 0 saturated heterocycles. The number of carbonyl (C=O) groups excluding carboxylic acids is 2. The molecule has 0 aliphatic carbocycles. The summed E-state index contributed by atoms with van der Waals surface area (Å²) in [4.78, 5) is 25.3. The van der Waals surface area contributed by atoms with E-state index in [0.717, 1.165) is 5.56 Å². The maximum atomic E-state index is 12.1. The molecule has 6 heteroatoms. The second-order valence-corrected chi connectivity index (χ2v) is 5.86. The zero-order valence-electron chi connectivity index (χ0n) is 12.6. The fourth-order valence-electron chi connectivity index (χ4n) is 2.03. The van der Waals surface area contributed by atoms with Gasteiger partial charge in [-0.05, 0) is 35.9 Å². The van der Waals surface area contributed by atoms with Gasteiger partial charge in [-0.3, -0.25) is 9.59 Å². The van der Waals surface area contributed by atoms with Gasteiger partial charge in [0.15, 0.2) is 0 Å². The Morgan fingerprint density at radius 1 is 1.04 bits per heavy atom. The number of hydrogen-bond donors (Lipinski definition) is 1. The minimum Gasteiger partial charge on any atom is -0.350 e. The van der Waals surface area contributed by atoms with Crippen LogP contribution in [0.3, 0.4) is 0 Å². The average Bonchev–Trinajstić information content (AvgIpc) is 2.51. The molecule has 23 heavy (non-hydrogen) atoms. The van der Waals surface area contributed by atoms with E-state index in [-0.39, 0.29) is 18.4 Å². The maximum absolute atomic E-state index is 12.1. The molecule has 0 unspecified atom stereocenters. The smallest absolute Gasteiger partial charge is 0.240 e. The first-order chi connectivity index (χ1) is 11.0. The number of nitrogens with zero attached hydrogens (tertiary/aromatic N) is 1. The first-order valence-corrected chi connectivity index (χ1v) is 7.76. The number of carbonyl (C=O) groups is 2. The van der Waals surface area contributed by atoms with Crippen molar-refractivity contribution in [1.29, 1.82) is 0 Å². The van der Waals surface area contributed by atoms with E-state index in [9.17, 15) is 9.59 Å². The molecule has 0 heterocycles. The molecule has 1 N–H and O–H groups in total. The third kappa shape index (κ3) is 5.27. The summed E-state index contributed by atoms with van der Waals surface area (Å²) in [6.07, 6.45) is 0. The molecule has 0 spiro atoms. The minimum absolute atomic E-state index is 0.0662. The largest absolute Gasteiger partial charge is 0.350 e. The van der Waals surface area contributed by atoms with E-state index in [2.05, 4.69) is 5.32 Å². The molecule has 2 amide bonds. The highest BCUT2D eigenvalue weighted by atomic mass is 35.5. The lowest BCUT2D eigenvalue weighted by Gasteiger charge is -2.21. The molecule has 2 aromatic rings. The van der Waals surface area contributed by atoms with Crippen LogP contribution in [-0.4, -0.2) is 18.4 Å². The van der Waals surface area contributed by atoms with Crippen LogP contribution in [0.15, 0.2) is 48.5 Å². The van der Waals surface area contributed by atoms with Gasteiger partial charge in [-0.1, -0.05) is 41.4 Å². The van der Waals surface area contributed by atoms with Crippen LogP contribution in [0.1, 0.15) is 12.5 Å². The van der Waals surface area contributed by atoms with Crippen LogP contribution < -0.4 is 10.2 Å². The molecule has 0 fully saturated rings. The number of halogens is 2. The van der Waals surface area contributed by atoms with Gasteiger partial charge in [-0.25, -0.2) is 0 Å². The van der Waals surface area contributed by atoms with Crippen molar-refractivity contribution in [3.05, 3.63) is 64.1 Å². The van der Waals surface area contributed by atoms with Gasteiger partial charge < -0.3 is 10.2 Å². The van der Waals surface area contributed by atoms with E-state index in [1.54, 1.807) is 36.4 Å². The Morgan fingerprint density at radius 2 is 1.74 bits per heavy atom. The summed E-state index contributed by atoms with van der Waals surface area (Å²) in [5, 5.41) is 3.93. The van der Waals surface area contributed by atoms with Crippen LogP contribution in [0.25, 0.3) is 0 Å².